The average Bonchev–Trinajstić information content (AvgIpc) is 2.32. The van der Waals surface area contributed by atoms with E-state index in [1.807, 2.05) is 6.92 Å². The first kappa shape index (κ1) is 13.7. The molecule has 0 amide bonds. The van der Waals surface area contributed by atoms with Gasteiger partial charge >= 0.3 is 0 Å². The lowest BCUT2D eigenvalue weighted by Crippen LogP contribution is -1.87. The minimum atomic E-state index is 0.259. The average molecular weight is 246 g/mol. The van der Waals surface area contributed by atoms with Crippen LogP contribution in [0, 0.1) is 13.8 Å². The molecule has 6 N–H and O–H groups in total. The van der Waals surface area contributed by atoms with Gasteiger partial charge in [-0.1, -0.05) is 12.1 Å². The van der Waals surface area contributed by atoms with Gasteiger partial charge in [-0.25, -0.2) is 0 Å². The summed E-state index contributed by atoms with van der Waals surface area (Å²) in [4.78, 5) is 0. The summed E-state index contributed by atoms with van der Waals surface area (Å²) in [6, 6.07) is 10.2. The van der Waals surface area contributed by atoms with Gasteiger partial charge in [0.15, 0.2) is 0 Å². The molecule has 0 atom stereocenters. The third-order valence-electron chi connectivity index (χ3n) is 2.58. The van der Waals surface area contributed by atoms with E-state index in [1.165, 1.54) is 6.07 Å². The van der Waals surface area contributed by atoms with Crippen LogP contribution in [0.25, 0.3) is 0 Å². The van der Waals surface area contributed by atoms with Crippen molar-refractivity contribution >= 4 is 11.4 Å². The van der Waals surface area contributed by atoms with Crippen molar-refractivity contribution in [3.8, 4) is 11.5 Å². The topological polar surface area (TPSA) is 92.5 Å². The van der Waals surface area contributed by atoms with Crippen molar-refractivity contribution in [2.24, 2.45) is 0 Å². The predicted octanol–water partition coefficient (Wildman–Crippen LogP) is 2.57. The van der Waals surface area contributed by atoms with E-state index in [9.17, 15) is 0 Å². The highest BCUT2D eigenvalue weighted by Gasteiger charge is 1.95. The second-order valence-electron chi connectivity index (χ2n) is 4.04. The van der Waals surface area contributed by atoms with Crippen molar-refractivity contribution in [2.75, 3.05) is 11.5 Å². The standard InChI is InChI=1S/2C7H9NO/c1-5-2-3-6(8)4-7(5)9;1-5-6(8)3-2-4-7(5)9/h2*2-4,9H,8H2,1H3. The molecule has 0 saturated heterocycles. The summed E-state index contributed by atoms with van der Waals surface area (Å²) in [5, 5.41) is 18.0. The summed E-state index contributed by atoms with van der Waals surface area (Å²) in [5.74, 6) is 0.519. The van der Waals surface area contributed by atoms with Crippen molar-refractivity contribution in [3.63, 3.8) is 0 Å². The molecule has 0 spiro atoms. The number of rotatable bonds is 0. The zero-order chi connectivity index (χ0) is 13.7. The largest absolute Gasteiger partial charge is 0.508 e. The maximum absolute atomic E-state index is 9.02. The summed E-state index contributed by atoms with van der Waals surface area (Å²) in [6.45, 7) is 3.61. The van der Waals surface area contributed by atoms with Crippen molar-refractivity contribution < 1.29 is 10.2 Å². The molecule has 4 nitrogen and oxygen atoms in total. The van der Waals surface area contributed by atoms with E-state index in [4.69, 9.17) is 21.7 Å². The molecule has 0 heterocycles. The second kappa shape index (κ2) is 5.82. The third kappa shape index (κ3) is 3.59. The molecular weight excluding hydrogens is 228 g/mol. The van der Waals surface area contributed by atoms with Gasteiger partial charge in [-0.2, -0.15) is 0 Å². The Morgan fingerprint density at radius 2 is 1.56 bits per heavy atom. The molecule has 0 aromatic heterocycles. The van der Waals surface area contributed by atoms with Gasteiger partial charge in [0.05, 0.1) is 0 Å². The smallest absolute Gasteiger partial charge is 0.120 e. The Kier molecular flexibility index (Phi) is 4.43. The highest BCUT2D eigenvalue weighted by Crippen LogP contribution is 2.20. The molecule has 18 heavy (non-hydrogen) atoms. The summed E-state index contributed by atoms with van der Waals surface area (Å²) >= 11 is 0. The number of nitrogens with two attached hydrogens (primary N) is 2. The minimum absolute atomic E-state index is 0.259. The minimum Gasteiger partial charge on any atom is -0.508 e. The molecule has 0 aliphatic heterocycles. The van der Waals surface area contributed by atoms with Crippen molar-refractivity contribution in [3.05, 3.63) is 47.5 Å². The Hall–Kier alpha value is -2.36. The van der Waals surface area contributed by atoms with E-state index in [2.05, 4.69) is 0 Å². The van der Waals surface area contributed by atoms with Crippen LogP contribution < -0.4 is 11.5 Å². The van der Waals surface area contributed by atoms with E-state index >= 15 is 0 Å². The first-order valence-corrected chi connectivity index (χ1v) is 5.51. The van der Waals surface area contributed by atoms with Crippen LogP contribution in [0.3, 0.4) is 0 Å². The predicted molar refractivity (Wildman–Crippen MR) is 74.5 cm³/mol. The number of phenols is 2. The molecule has 96 valence electrons. The molecule has 0 radical (unpaired) electrons. The maximum Gasteiger partial charge on any atom is 0.120 e. The van der Waals surface area contributed by atoms with Crippen LogP contribution in [0.5, 0.6) is 11.5 Å². The van der Waals surface area contributed by atoms with Crippen LogP contribution in [0.4, 0.5) is 11.4 Å². The summed E-state index contributed by atoms with van der Waals surface area (Å²) in [5.41, 5.74) is 13.7. The molecule has 0 unspecified atom stereocenters. The zero-order valence-corrected chi connectivity index (χ0v) is 10.5. The fraction of sp³-hybridized carbons (Fsp3) is 0.143. The summed E-state index contributed by atoms with van der Waals surface area (Å²) in [6.07, 6.45) is 0. The van der Waals surface area contributed by atoms with Gasteiger partial charge in [-0.3, -0.25) is 0 Å². The van der Waals surface area contributed by atoms with Crippen LogP contribution in [0.1, 0.15) is 11.1 Å². The molecule has 0 fully saturated rings. The summed E-state index contributed by atoms with van der Waals surface area (Å²) < 4.78 is 0. The highest BCUT2D eigenvalue weighted by atomic mass is 16.3. The van der Waals surface area contributed by atoms with E-state index in [1.54, 1.807) is 37.3 Å². The second-order valence-corrected chi connectivity index (χ2v) is 4.04. The normalized spacial score (nSPS) is 9.44. The van der Waals surface area contributed by atoms with Crippen LogP contribution in [-0.4, -0.2) is 10.2 Å². The van der Waals surface area contributed by atoms with Gasteiger partial charge in [0.25, 0.3) is 0 Å². The third-order valence-corrected chi connectivity index (χ3v) is 2.58. The monoisotopic (exact) mass is 246 g/mol. The van der Waals surface area contributed by atoms with Gasteiger partial charge in [0.1, 0.15) is 11.5 Å². The van der Waals surface area contributed by atoms with Gasteiger partial charge in [0, 0.05) is 23.0 Å². The molecule has 0 saturated carbocycles. The number of aromatic hydroxyl groups is 2. The van der Waals surface area contributed by atoms with E-state index in [0.717, 1.165) is 11.1 Å². The van der Waals surface area contributed by atoms with E-state index in [0.29, 0.717) is 11.4 Å². The Morgan fingerprint density at radius 1 is 0.889 bits per heavy atom. The number of anilines is 2. The number of hydrogen-bond acceptors (Lipinski definition) is 4. The van der Waals surface area contributed by atoms with Gasteiger partial charge in [0.2, 0.25) is 0 Å². The fourth-order valence-corrected chi connectivity index (χ4v) is 1.27. The van der Waals surface area contributed by atoms with Crippen LogP contribution in [0.15, 0.2) is 36.4 Å². The number of nitrogen functional groups attached to an aromatic ring is 2. The molecule has 0 bridgehead atoms. The fourth-order valence-electron chi connectivity index (χ4n) is 1.27. The Morgan fingerprint density at radius 3 is 2.00 bits per heavy atom. The van der Waals surface area contributed by atoms with Crippen LogP contribution >= 0.6 is 0 Å². The Balaban J connectivity index is 0.000000180. The van der Waals surface area contributed by atoms with Crippen LogP contribution in [0.2, 0.25) is 0 Å². The van der Waals surface area contributed by atoms with Crippen molar-refractivity contribution in [1.29, 1.82) is 0 Å². The van der Waals surface area contributed by atoms with Gasteiger partial charge in [-0.05, 0) is 37.6 Å². The molecule has 2 aromatic rings. The lowest BCUT2D eigenvalue weighted by Gasteiger charge is -1.99. The summed E-state index contributed by atoms with van der Waals surface area (Å²) in [7, 11) is 0. The Labute approximate surface area is 106 Å². The molecular formula is C14H18N2O2. The zero-order valence-electron chi connectivity index (χ0n) is 10.5. The molecule has 2 aromatic carbocycles. The first-order valence-electron chi connectivity index (χ1n) is 5.51. The first-order chi connectivity index (χ1) is 8.41. The SMILES string of the molecule is Cc1c(N)cccc1O.Cc1ccc(N)cc1O. The maximum atomic E-state index is 9.02. The number of hydrogen-bond donors (Lipinski definition) is 4. The number of phenolic OH excluding ortho intramolecular Hbond substituents is 2. The van der Waals surface area contributed by atoms with Crippen molar-refractivity contribution in [2.45, 2.75) is 13.8 Å². The van der Waals surface area contributed by atoms with Gasteiger partial charge < -0.3 is 21.7 Å². The van der Waals surface area contributed by atoms with Gasteiger partial charge in [-0.15, -0.1) is 0 Å². The van der Waals surface area contributed by atoms with E-state index < -0.39 is 0 Å². The number of aryl methyl sites for hydroxylation is 1. The lowest BCUT2D eigenvalue weighted by molar-refractivity contribution is 0.471. The molecule has 2 rings (SSSR count). The highest BCUT2D eigenvalue weighted by molar-refractivity contribution is 5.52. The van der Waals surface area contributed by atoms with Crippen LogP contribution in [-0.2, 0) is 0 Å². The number of benzene rings is 2. The van der Waals surface area contributed by atoms with Crippen molar-refractivity contribution in [1.82, 2.24) is 0 Å². The molecule has 0 aliphatic rings. The lowest BCUT2D eigenvalue weighted by atomic mass is 10.2. The quantitative estimate of drug-likeness (QED) is 0.537. The van der Waals surface area contributed by atoms with E-state index in [-0.39, 0.29) is 11.5 Å². The Bertz CT molecular complexity index is 519. The molecule has 0 aliphatic carbocycles. The molecule has 4 heteroatoms.